The van der Waals surface area contributed by atoms with E-state index in [1.54, 1.807) is 6.07 Å². The van der Waals surface area contributed by atoms with E-state index in [0.717, 1.165) is 11.1 Å². The Morgan fingerprint density at radius 1 is 1.60 bits per heavy atom. The molecule has 1 amide bonds. The van der Waals surface area contributed by atoms with Gasteiger partial charge in [-0.05, 0) is 24.1 Å². The van der Waals surface area contributed by atoms with Crippen LogP contribution in [0.3, 0.4) is 0 Å². The van der Waals surface area contributed by atoms with Crippen molar-refractivity contribution in [2.45, 2.75) is 13.5 Å². The normalized spacial score (nSPS) is 9.40. The van der Waals surface area contributed by atoms with E-state index in [2.05, 4.69) is 11.4 Å². The van der Waals surface area contributed by atoms with Gasteiger partial charge >= 0.3 is 0 Å². The number of rotatable bonds is 3. The molecular weight excluding hydrogens is 212 g/mol. The molecule has 4 heteroatoms. The molecule has 0 bridgehead atoms. The molecule has 0 fully saturated rings. The first kappa shape index (κ1) is 11.5. The summed E-state index contributed by atoms with van der Waals surface area (Å²) in [5.41, 5.74) is 2.47. The van der Waals surface area contributed by atoms with Crippen LogP contribution in [0, 0.1) is 18.3 Å². The van der Waals surface area contributed by atoms with Gasteiger partial charge in [0.15, 0.2) is 0 Å². The SMILES string of the molecule is Cc1ccc(CNC(=O)CCl)cc1C#N. The smallest absolute Gasteiger partial charge is 0.235 e. The topological polar surface area (TPSA) is 52.9 Å². The van der Waals surface area contributed by atoms with Crippen molar-refractivity contribution in [2.24, 2.45) is 0 Å². The number of halogens is 1. The summed E-state index contributed by atoms with van der Waals surface area (Å²) in [5.74, 6) is -0.257. The monoisotopic (exact) mass is 222 g/mol. The van der Waals surface area contributed by atoms with Crippen molar-refractivity contribution in [2.75, 3.05) is 5.88 Å². The second kappa shape index (κ2) is 5.38. The summed E-state index contributed by atoms with van der Waals surface area (Å²) in [6, 6.07) is 7.61. The first-order chi connectivity index (χ1) is 7.17. The minimum atomic E-state index is -0.212. The molecule has 3 nitrogen and oxygen atoms in total. The second-order valence-corrected chi connectivity index (χ2v) is 3.44. The van der Waals surface area contributed by atoms with Gasteiger partial charge in [0, 0.05) is 6.54 Å². The van der Waals surface area contributed by atoms with Crippen molar-refractivity contribution in [1.29, 1.82) is 5.26 Å². The second-order valence-electron chi connectivity index (χ2n) is 3.17. The van der Waals surface area contributed by atoms with Gasteiger partial charge in [-0.1, -0.05) is 12.1 Å². The fourth-order valence-electron chi connectivity index (χ4n) is 1.15. The van der Waals surface area contributed by atoms with E-state index in [-0.39, 0.29) is 11.8 Å². The van der Waals surface area contributed by atoms with Crippen molar-refractivity contribution in [1.82, 2.24) is 5.32 Å². The number of nitrogens with zero attached hydrogens (tertiary/aromatic N) is 1. The van der Waals surface area contributed by atoms with Gasteiger partial charge < -0.3 is 5.32 Å². The fraction of sp³-hybridized carbons (Fsp3) is 0.273. The Balaban J connectivity index is 2.71. The lowest BCUT2D eigenvalue weighted by Gasteiger charge is -2.04. The van der Waals surface area contributed by atoms with Crippen LogP contribution in [0.1, 0.15) is 16.7 Å². The van der Waals surface area contributed by atoms with Crippen molar-refractivity contribution in [3.63, 3.8) is 0 Å². The molecule has 0 spiro atoms. The Morgan fingerprint density at radius 3 is 2.93 bits per heavy atom. The molecule has 0 aliphatic rings. The van der Waals surface area contributed by atoms with Gasteiger partial charge in [0.25, 0.3) is 0 Å². The van der Waals surface area contributed by atoms with Crippen molar-refractivity contribution in [3.8, 4) is 6.07 Å². The molecule has 1 aromatic carbocycles. The largest absolute Gasteiger partial charge is 0.351 e. The summed E-state index contributed by atoms with van der Waals surface area (Å²) >= 11 is 5.34. The number of carbonyl (C=O) groups excluding carboxylic acids is 1. The molecule has 0 unspecified atom stereocenters. The Bertz CT molecular complexity index is 410. The van der Waals surface area contributed by atoms with Crippen LogP contribution in [0.4, 0.5) is 0 Å². The summed E-state index contributed by atoms with van der Waals surface area (Å²) in [6.45, 7) is 2.28. The fourth-order valence-corrected chi connectivity index (χ4v) is 1.24. The van der Waals surface area contributed by atoms with Gasteiger partial charge in [-0.2, -0.15) is 5.26 Å². The van der Waals surface area contributed by atoms with E-state index in [9.17, 15) is 4.79 Å². The van der Waals surface area contributed by atoms with Gasteiger partial charge in [-0.25, -0.2) is 0 Å². The van der Waals surface area contributed by atoms with Crippen LogP contribution in [0.2, 0.25) is 0 Å². The number of amides is 1. The summed E-state index contributed by atoms with van der Waals surface area (Å²) in [7, 11) is 0. The summed E-state index contributed by atoms with van der Waals surface area (Å²) in [5, 5.41) is 11.4. The van der Waals surface area contributed by atoms with Crippen LogP contribution in [0.15, 0.2) is 18.2 Å². The van der Waals surface area contributed by atoms with Gasteiger partial charge in [0.05, 0.1) is 11.6 Å². The molecule has 1 N–H and O–H groups in total. The Kier molecular flexibility index (Phi) is 4.14. The van der Waals surface area contributed by atoms with Crippen LogP contribution in [0.5, 0.6) is 0 Å². The van der Waals surface area contributed by atoms with E-state index < -0.39 is 0 Å². The summed E-state index contributed by atoms with van der Waals surface area (Å²) < 4.78 is 0. The summed E-state index contributed by atoms with van der Waals surface area (Å²) in [6.07, 6.45) is 0. The number of hydrogen-bond acceptors (Lipinski definition) is 2. The number of alkyl halides is 1. The number of nitriles is 1. The molecule has 78 valence electrons. The Morgan fingerprint density at radius 2 is 2.33 bits per heavy atom. The molecule has 1 rings (SSSR count). The van der Waals surface area contributed by atoms with E-state index in [4.69, 9.17) is 16.9 Å². The zero-order valence-corrected chi connectivity index (χ0v) is 9.14. The molecule has 0 heterocycles. The van der Waals surface area contributed by atoms with E-state index in [0.29, 0.717) is 12.1 Å². The highest BCUT2D eigenvalue weighted by Crippen LogP contribution is 2.09. The highest BCUT2D eigenvalue weighted by Gasteiger charge is 2.01. The minimum Gasteiger partial charge on any atom is -0.351 e. The number of nitrogens with one attached hydrogen (secondary N) is 1. The van der Waals surface area contributed by atoms with E-state index in [1.165, 1.54) is 0 Å². The molecule has 0 atom stereocenters. The lowest BCUT2D eigenvalue weighted by molar-refractivity contribution is -0.118. The minimum absolute atomic E-state index is 0.0447. The van der Waals surface area contributed by atoms with Crippen molar-refractivity contribution >= 4 is 17.5 Å². The van der Waals surface area contributed by atoms with Crippen molar-refractivity contribution < 1.29 is 4.79 Å². The Labute approximate surface area is 93.7 Å². The molecule has 15 heavy (non-hydrogen) atoms. The number of carbonyl (C=O) groups is 1. The molecule has 0 radical (unpaired) electrons. The maximum absolute atomic E-state index is 10.9. The van der Waals surface area contributed by atoms with Crippen LogP contribution in [-0.4, -0.2) is 11.8 Å². The molecule has 0 aliphatic heterocycles. The zero-order chi connectivity index (χ0) is 11.3. The maximum Gasteiger partial charge on any atom is 0.235 e. The van der Waals surface area contributed by atoms with E-state index >= 15 is 0 Å². The average Bonchev–Trinajstić information content (AvgIpc) is 2.27. The van der Waals surface area contributed by atoms with Crippen LogP contribution < -0.4 is 5.32 Å². The third kappa shape index (κ3) is 3.26. The van der Waals surface area contributed by atoms with Gasteiger partial charge in [0.2, 0.25) is 5.91 Å². The zero-order valence-electron chi connectivity index (χ0n) is 8.38. The summed E-state index contributed by atoms with van der Waals surface area (Å²) in [4.78, 5) is 10.9. The van der Waals surface area contributed by atoms with Gasteiger partial charge in [-0.3, -0.25) is 4.79 Å². The van der Waals surface area contributed by atoms with Crippen LogP contribution >= 0.6 is 11.6 Å². The highest BCUT2D eigenvalue weighted by atomic mass is 35.5. The lowest BCUT2D eigenvalue weighted by Crippen LogP contribution is -2.23. The van der Waals surface area contributed by atoms with Crippen LogP contribution in [0.25, 0.3) is 0 Å². The number of aryl methyl sites for hydroxylation is 1. The maximum atomic E-state index is 10.9. The number of hydrogen-bond donors (Lipinski definition) is 1. The first-order valence-electron chi connectivity index (χ1n) is 4.49. The van der Waals surface area contributed by atoms with Gasteiger partial charge in [0.1, 0.15) is 5.88 Å². The van der Waals surface area contributed by atoms with E-state index in [1.807, 2.05) is 19.1 Å². The third-order valence-electron chi connectivity index (χ3n) is 2.03. The predicted molar refractivity (Wildman–Crippen MR) is 58.5 cm³/mol. The molecule has 1 aromatic rings. The molecule has 0 saturated carbocycles. The molecule has 0 saturated heterocycles. The quantitative estimate of drug-likeness (QED) is 0.792. The first-order valence-corrected chi connectivity index (χ1v) is 5.03. The van der Waals surface area contributed by atoms with Crippen molar-refractivity contribution in [3.05, 3.63) is 34.9 Å². The molecular formula is C11H11ClN2O. The number of benzene rings is 1. The predicted octanol–water partition coefficient (Wildman–Crippen LogP) is 1.72. The molecule has 0 aromatic heterocycles. The Hall–Kier alpha value is -1.53. The molecule has 0 aliphatic carbocycles. The highest BCUT2D eigenvalue weighted by molar-refractivity contribution is 6.27. The van der Waals surface area contributed by atoms with Gasteiger partial charge in [-0.15, -0.1) is 11.6 Å². The van der Waals surface area contributed by atoms with Crippen LogP contribution in [-0.2, 0) is 11.3 Å². The lowest BCUT2D eigenvalue weighted by atomic mass is 10.1. The standard InChI is InChI=1S/C11H11ClN2O/c1-8-2-3-9(4-10(8)6-13)7-14-11(15)5-12/h2-4H,5,7H2,1H3,(H,14,15). The third-order valence-corrected chi connectivity index (χ3v) is 2.28. The average molecular weight is 223 g/mol.